The second-order valence-electron chi connectivity index (χ2n) is 7.48. The van der Waals surface area contributed by atoms with Crippen LogP contribution >= 0.6 is 0 Å². The van der Waals surface area contributed by atoms with E-state index in [2.05, 4.69) is 0 Å². The largest absolute Gasteiger partial charge is 0.462 e. The lowest BCUT2D eigenvalue weighted by Crippen LogP contribution is -2.37. The molecule has 3 rings (SSSR count). The molecule has 5 atom stereocenters. The van der Waals surface area contributed by atoms with E-state index in [1.807, 2.05) is 20.8 Å². The van der Waals surface area contributed by atoms with Crippen molar-refractivity contribution in [1.82, 2.24) is 0 Å². The predicted molar refractivity (Wildman–Crippen MR) is 75.8 cm³/mol. The van der Waals surface area contributed by atoms with Crippen LogP contribution in [-0.4, -0.2) is 32.0 Å². The summed E-state index contributed by atoms with van der Waals surface area (Å²) in [4.78, 5) is 12.2. The SMILES string of the molecule is CCC(C)(C)C(=O)OC1CC2CC1C1CS(=O)(=O)CC21. The van der Waals surface area contributed by atoms with Gasteiger partial charge in [-0.05, 0) is 50.9 Å². The van der Waals surface area contributed by atoms with Gasteiger partial charge in [-0.1, -0.05) is 6.92 Å². The Labute approximate surface area is 121 Å². The predicted octanol–water partition coefficient (Wildman–Crippen LogP) is 2.04. The van der Waals surface area contributed by atoms with Crippen LogP contribution in [0.2, 0.25) is 0 Å². The van der Waals surface area contributed by atoms with Gasteiger partial charge in [0, 0.05) is 5.92 Å². The monoisotopic (exact) mass is 300 g/mol. The zero-order valence-corrected chi connectivity index (χ0v) is 13.3. The number of ether oxygens (including phenoxy) is 1. The molecule has 3 fully saturated rings. The maximum Gasteiger partial charge on any atom is 0.311 e. The summed E-state index contributed by atoms with van der Waals surface area (Å²) in [5, 5.41) is 0. The van der Waals surface area contributed by atoms with Gasteiger partial charge in [-0.15, -0.1) is 0 Å². The molecule has 114 valence electrons. The summed E-state index contributed by atoms with van der Waals surface area (Å²) >= 11 is 0. The molecule has 5 heteroatoms. The van der Waals surface area contributed by atoms with Gasteiger partial charge in [-0.25, -0.2) is 8.42 Å². The molecular formula is C15H24O4S. The minimum absolute atomic E-state index is 0.0483. The van der Waals surface area contributed by atoms with Crippen molar-refractivity contribution < 1.29 is 17.9 Å². The minimum atomic E-state index is -2.86. The zero-order chi connectivity index (χ0) is 14.7. The number of hydrogen-bond donors (Lipinski definition) is 0. The molecule has 1 aliphatic heterocycles. The molecule has 0 aromatic rings. The number of hydrogen-bond acceptors (Lipinski definition) is 4. The fourth-order valence-corrected chi connectivity index (χ4v) is 6.60. The molecule has 0 radical (unpaired) electrons. The summed E-state index contributed by atoms with van der Waals surface area (Å²) < 4.78 is 29.3. The highest BCUT2D eigenvalue weighted by Gasteiger charge is 2.59. The molecule has 2 bridgehead atoms. The number of esters is 1. The van der Waals surface area contributed by atoms with E-state index in [-0.39, 0.29) is 23.9 Å². The van der Waals surface area contributed by atoms with E-state index in [1.165, 1.54) is 0 Å². The van der Waals surface area contributed by atoms with Crippen LogP contribution < -0.4 is 0 Å². The molecule has 1 saturated heterocycles. The van der Waals surface area contributed by atoms with Crippen LogP contribution in [0.1, 0.15) is 40.0 Å². The topological polar surface area (TPSA) is 60.4 Å². The molecule has 3 aliphatic rings. The Morgan fingerprint density at radius 3 is 2.45 bits per heavy atom. The lowest BCUT2D eigenvalue weighted by atomic mass is 9.80. The molecule has 0 aromatic heterocycles. The van der Waals surface area contributed by atoms with Gasteiger partial charge in [0.25, 0.3) is 0 Å². The van der Waals surface area contributed by atoms with Crippen LogP contribution in [0.4, 0.5) is 0 Å². The zero-order valence-electron chi connectivity index (χ0n) is 12.5. The molecule has 0 N–H and O–H groups in total. The number of carbonyl (C=O) groups excluding carboxylic acids is 1. The van der Waals surface area contributed by atoms with Crippen LogP contribution in [0.3, 0.4) is 0 Å². The quantitative estimate of drug-likeness (QED) is 0.748. The third-order valence-corrected chi connectivity index (χ3v) is 7.67. The maximum absolute atomic E-state index is 12.2. The van der Waals surface area contributed by atoms with Crippen LogP contribution in [0.25, 0.3) is 0 Å². The third-order valence-electron chi connectivity index (χ3n) is 5.88. The fraction of sp³-hybridized carbons (Fsp3) is 0.933. The molecule has 1 heterocycles. The third kappa shape index (κ3) is 2.18. The van der Waals surface area contributed by atoms with E-state index in [0.29, 0.717) is 23.3 Å². The van der Waals surface area contributed by atoms with Crippen molar-refractivity contribution in [3.05, 3.63) is 0 Å². The first kappa shape index (κ1) is 14.4. The lowest BCUT2D eigenvalue weighted by molar-refractivity contribution is -0.163. The molecule has 0 spiro atoms. The van der Waals surface area contributed by atoms with E-state index in [0.717, 1.165) is 19.3 Å². The van der Waals surface area contributed by atoms with E-state index in [1.54, 1.807) is 0 Å². The summed E-state index contributed by atoms with van der Waals surface area (Å²) in [5.74, 6) is 1.84. The Kier molecular flexibility index (Phi) is 3.20. The van der Waals surface area contributed by atoms with Gasteiger partial charge in [-0.3, -0.25) is 4.79 Å². The van der Waals surface area contributed by atoms with Crippen molar-refractivity contribution in [2.24, 2.45) is 29.1 Å². The highest BCUT2D eigenvalue weighted by Crippen LogP contribution is 2.56. The Hall–Kier alpha value is -0.580. The molecule has 4 nitrogen and oxygen atoms in total. The second kappa shape index (κ2) is 4.46. The van der Waals surface area contributed by atoms with Crippen molar-refractivity contribution in [3.8, 4) is 0 Å². The highest BCUT2D eigenvalue weighted by atomic mass is 32.2. The van der Waals surface area contributed by atoms with Gasteiger partial charge in [0.2, 0.25) is 0 Å². The van der Waals surface area contributed by atoms with Crippen LogP contribution in [0.5, 0.6) is 0 Å². The van der Waals surface area contributed by atoms with E-state index in [9.17, 15) is 13.2 Å². The first-order chi connectivity index (χ1) is 9.23. The summed E-state index contributed by atoms with van der Waals surface area (Å²) in [6, 6.07) is 0. The molecule has 0 aromatic carbocycles. The van der Waals surface area contributed by atoms with Gasteiger partial charge in [-0.2, -0.15) is 0 Å². The Bertz CT molecular complexity index is 522. The molecular weight excluding hydrogens is 276 g/mol. The molecule has 2 saturated carbocycles. The van der Waals surface area contributed by atoms with Gasteiger partial charge in [0.1, 0.15) is 6.10 Å². The molecule has 2 aliphatic carbocycles. The average molecular weight is 300 g/mol. The molecule has 0 amide bonds. The highest BCUT2D eigenvalue weighted by molar-refractivity contribution is 7.91. The lowest BCUT2D eigenvalue weighted by Gasteiger charge is -2.32. The van der Waals surface area contributed by atoms with Gasteiger partial charge in [0.05, 0.1) is 16.9 Å². The summed E-state index contributed by atoms with van der Waals surface area (Å²) in [5.41, 5.74) is -0.441. The van der Waals surface area contributed by atoms with Gasteiger partial charge >= 0.3 is 5.97 Å². The number of carbonyl (C=O) groups is 1. The van der Waals surface area contributed by atoms with Crippen LogP contribution in [0, 0.1) is 29.1 Å². The second-order valence-corrected chi connectivity index (χ2v) is 9.63. The minimum Gasteiger partial charge on any atom is -0.462 e. The van der Waals surface area contributed by atoms with Crippen molar-refractivity contribution in [2.75, 3.05) is 11.5 Å². The fourth-order valence-electron chi connectivity index (χ4n) is 4.28. The Balaban J connectivity index is 1.70. The Morgan fingerprint density at radius 2 is 1.80 bits per heavy atom. The normalized spacial score (nSPS) is 41.6. The summed E-state index contributed by atoms with van der Waals surface area (Å²) in [6.07, 6.45) is 2.63. The van der Waals surface area contributed by atoms with Crippen molar-refractivity contribution in [2.45, 2.75) is 46.1 Å². The molecule has 20 heavy (non-hydrogen) atoms. The van der Waals surface area contributed by atoms with E-state index < -0.39 is 15.3 Å². The first-order valence-corrected chi connectivity index (χ1v) is 9.47. The van der Waals surface area contributed by atoms with Crippen molar-refractivity contribution >= 4 is 15.8 Å². The average Bonchev–Trinajstić information content (AvgIpc) is 2.97. The van der Waals surface area contributed by atoms with E-state index in [4.69, 9.17) is 4.74 Å². The van der Waals surface area contributed by atoms with Crippen LogP contribution in [-0.2, 0) is 19.4 Å². The van der Waals surface area contributed by atoms with Crippen molar-refractivity contribution in [3.63, 3.8) is 0 Å². The number of rotatable bonds is 3. The maximum atomic E-state index is 12.2. The standard InChI is InChI=1S/C15H24O4S/c1-4-15(2,3)14(16)19-13-6-9-5-10(13)12-8-20(17,18)7-11(9)12/h9-13H,4-8H2,1-3H3. The molecule has 5 unspecified atom stereocenters. The Morgan fingerprint density at radius 1 is 1.15 bits per heavy atom. The number of sulfone groups is 1. The summed E-state index contributed by atoms with van der Waals surface area (Å²) in [6.45, 7) is 5.80. The summed E-state index contributed by atoms with van der Waals surface area (Å²) in [7, 11) is -2.86. The first-order valence-electron chi connectivity index (χ1n) is 7.65. The number of fused-ring (bicyclic) bond motifs is 5. The van der Waals surface area contributed by atoms with Gasteiger partial charge in [0.15, 0.2) is 9.84 Å². The van der Waals surface area contributed by atoms with E-state index >= 15 is 0 Å². The smallest absolute Gasteiger partial charge is 0.311 e. The van der Waals surface area contributed by atoms with Crippen LogP contribution in [0.15, 0.2) is 0 Å². The van der Waals surface area contributed by atoms with Gasteiger partial charge < -0.3 is 4.74 Å². The van der Waals surface area contributed by atoms with Crippen molar-refractivity contribution in [1.29, 1.82) is 0 Å².